The summed E-state index contributed by atoms with van der Waals surface area (Å²) >= 11 is 0. The topological polar surface area (TPSA) is 78.9 Å². The number of allylic oxidation sites excluding steroid dienone is 12. The van der Waals surface area contributed by atoms with Crippen LogP contribution >= 0.6 is 0 Å². The molecular weight excluding hydrogens is 793 g/mol. The van der Waals surface area contributed by atoms with E-state index >= 15 is 0 Å². The van der Waals surface area contributed by atoms with Crippen molar-refractivity contribution in [2.75, 3.05) is 13.2 Å². The highest BCUT2D eigenvalue weighted by atomic mass is 16.6. The molecule has 368 valence electrons. The van der Waals surface area contributed by atoms with Crippen LogP contribution in [0.2, 0.25) is 0 Å². The highest BCUT2D eigenvalue weighted by Crippen LogP contribution is 2.15. The lowest BCUT2D eigenvalue weighted by molar-refractivity contribution is -0.167. The largest absolute Gasteiger partial charge is 0.462 e. The van der Waals surface area contributed by atoms with Crippen LogP contribution in [0.5, 0.6) is 0 Å². The van der Waals surface area contributed by atoms with Gasteiger partial charge in [-0.05, 0) is 89.9 Å². The SMILES string of the molecule is CC\C=C/C=C\C=C/CCCCCCCC(=O)OCC(COC(=O)CCCCCCCCC/C=C\CCCCCCCCCC)OC(=O)CCCCCCCCC/C=C\C/C=C\CC. The van der Waals surface area contributed by atoms with Gasteiger partial charge in [0.2, 0.25) is 0 Å². The first-order chi connectivity index (χ1) is 31.5. The second-order valence-corrected chi connectivity index (χ2v) is 17.8. The quantitative estimate of drug-likeness (QED) is 0.0199. The van der Waals surface area contributed by atoms with Crippen molar-refractivity contribution < 1.29 is 28.6 Å². The van der Waals surface area contributed by atoms with Crippen LogP contribution in [0.15, 0.2) is 72.9 Å². The van der Waals surface area contributed by atoms with Crippen LogP contribution < -0.4 is 0 Å². The molecule has 1 atom stereocenters. The molecule has 0 aromatic carbocycles. The van der Waals surface area contributed by atoms with Gasteiger partial charge in [-0.2, -0.15) is 0 Å². The van der Waals surface area contributed by atoms with E-state index in [-0.39, 0.29) is 31.1 Å². The minimum absolute atomic E-state index is 0.0876. The molecule has 6 nitrogen and oxygen atoms in total. The van der Waals surface area contributed by atoms with E-state index in [1.54, 1.807) is 0 Å². The van der Waals surface area contributed by atoms with Gasteiger partial charge in [0.05, 0.1) is 0 Å². The zero-order chi connectivity index (χ0) is 46.5. The van der Waals surface area contributed by atoms with E-state index in [4.69, 9.17) is 14.2 Å². The Balaban J connectivity index is 4.37. The number of rotatable bonds is 48. The smallest absolute Gasteiger partial charge is 0.306 e. The zero-order valence-corrected chi connectivity index (χ0v) is 42.0. The van der Waals surface area contributed by atoms with Crippen LogP contribution in [0.25, 0.3) is 0 Å². The second-order valence-electron chi connectivity index (χ2n) is 17.8. The molecule has 0 N–H and O–H groups in total. The predicted octanol–water partition coefficient (Wildman–Crippen LogP) is 17.8. The van der Waals surface area contributed by atoms with Gasteiger partial charge in [-0.15, -0.1) is 0 Å². The van der Waals surface area contributed by atoms with Crippen molar-refractivity contribution in [1.29, 1.82) is 0 Å². The minimum atomic E-state index is -0.789. The molecule has 0 aliphatic carbocycles. The van der Waals surface area contributed by atoms with Gasteiger partial charge in [-0.25, -0.2) is 0 Å². The molecule has 0 saturated carbocycles. The van der Waals surface area contributed by atoms with Crippen molar-refractivity contribution in [1.82, 2.24) is 0 Å². The molecule has 1 unspecified atom stereocenters. The highest BCUT2D eigenvalue weighted by Gasteiger charge is 2.19. The summed E-state index contributed by atoms with van der Waals surface area (Å²) in [7, 11) is 0. The van der Waals surface area contributed by atoms with Gasteiger partial charge in [0.25, 0.3) is 0 Å². The van der Waals surface area contributed by atoms with Gasteiger partial charge in [0.15, 0.2) is 6.10 Å². The molecule has 0 amide bonds. The Morgan fingerprint density at radius 2 is 0.688 bits per heavy atom. The number of carbonyl (C=O) groups is 3. The molecule has 6 heteroatoms. The molecule has 0 saturated heterocycles. The number of hydrogen-bond donors (Lipinski definition) is 0. The van der Waals surface area contributed by atoms with Crippen molar-refractivity contribution >= 4 is 17.9 Å². The van der Waals surface area contributed by atoms with Crippen LogP contribution in [0.1, 0.15) is 258 Å². The van der Waals surface area contributed by atoms with Gasteiger partial charge < -0.3 is 14.2 Å². The van der Waals surface area contributed by atoms with E-state index < -0.39 is 6.10 Å². The zero-order valence-electron chi connectivity index (χ0n) is 42.0. The first kappa shape index (κ1) is 60.9. The molecule has 0 aromatic heterocycles. The maximum atomic E-state index is 12.8. The van der Waals surface area contributed by atoms with Crippen molar-refractivity contribution in [3.8, 4) is 0 Å². The van der Waals surface area contributed by atoms with Crippen molar-refractivity contribution in [3.63, 3.8) is 0 Å². The molecule has 0 spiro atoms. The summed E-state index contributed by atoms with van der Waals surface area (Å²) in [6, 6.07) is 0. The van der Waals surface area contributed by atoms with E-state index in [2.05, 4.69) is 93.7 Å². The molecule has 0 fully saturated rings. The Morgan fingerprint density at radius 1 is 0.344 bits per heavy atom. The van der Waals surface area contributed by atoms with Crippen molar-refractivity contribution in [2.24, 2.45) is 0 Å². The lowest BCUT2D eigenvalue weighted by Gasteiger charge is -2.18. The lowest BCUT2D eigenvalue weighted by Crippen LogP contribution is -2.30. The van der Waals surface area contributed by atoms with E-state index in [0.29, 0.717) is 19.3 Å². The molecule has 0 bridgehead atoms. The van der Waals surface area contributed by atoms with Crippen molar-refractivity contribution in [3.05, 3.63) is 72.9 Å². The molecule has 64 heavy (non-hydrogen) atoms. The summed E-state index contributed by atoms with van der Waals surface area (Å²) in [5, 5.41) is 0. The molecule has 0 aliphatic heterocycles. The van der Waals surface area contributed by atoms with Gasteiger partial charge in [0, 0.05) is 19.3 Å². The number of hydrogen-bond acceptors (Lipinski definition) is 6. The van der Waals surface area contributed by atoms with Crippen LogP contribution in [0.4, 0.5) is 0 Å². The Hall–Kier alpha value is -3.15. The number of carbonyl (C=O) groups excluding carboxylic acids is 3. The lowest BCUT2D eigenvalue weighted by atomic mass is 10.1. The van der Waals surface area contributed by atoms with Crippen LogP contribution in [0, 0.1) is 0 Å². The monoisotopic (exact) mass is 893 g/mol. The summed E-state index contributed by atoms with van der Waals surface area (Å²) in [4.78, 5) is 38.0. The summed E-state index contributed by atoms with van der Waals surface area (Å²) in [6.45, 7) is 6.38. The third kappa shape index (κ3) is 49.9. The predicted molar refractivity (Wildman–Crippen MR) is 274 cm³/mol. The highest BCUT2D eigenvalue weighted by molar-refractivity contribution is 5.71. The standard InChI is InChI=1S/C58H100O6/c1-4-7-10-13-16-19-22-25-27-28-29-30-31-34-36-39-42-45-48-51-57(60)63-54-55(53-62-56(59)50-47-44-41-38-35-32-24-21-18-15-12-9-6-3)64-58(61)52-49-46-43-40-37-33-26-23-20-17-14-11-8-5-2/h8-9,11-12,15,17-18,20-21,24,28-29,55H,4-7,10,13-14,16,19,22-23,25-27,30-54H2,1-3H3/b11-8-,12-9-,18-15-,20-17-,24-21-,29-28-. The Labute approximate surface area is 395 Å². The van der Waals surface area contributed by atoms with E-state index in [1.165, 1.54) is 116 Å². The van der Waals surface area contributed by atoms with Crippen LogP contribution in [-0.2, 0) is 28.6 Å². The number of unbranched alkanes of at least 4 members (excludes halogenated alkanes) is 27. The average molecular weight is 893 g/mol. The third-order valence-electron chi connectivity index (χ3n) is 11.5. The van der Waals surface area contributed by atoms with E-state index in [9.17, 15) is 14.4 Å². The summed E-state index contributed by atoms with van der Waals surface area (Å²) in [5.41, 5.74) is 0. The van der Waals surface area contributed by atoms with Crippen LogP contribution in [-0.4, -0.2) is 37.2 Å². The van der Waals surface area contributed by atoms with Gasteiger partial charge >= 0.3 is 17.9 Å². The molecule has 0 radical (unpaired) electrons. The summed E-state index contributed by atoms with van der Waals surface area (Å²) in [5.74, 6) is -0.918. The van der Waals surface area contributed by atoms with Gasteiger partial charge in [-0.1, -0.05) is 222 Å². The Morgan fingerprint density at radius 3 is 1.12 bits per heavy atom. The number of esters is 3. The Kier molecular flexibility index (Phi) is 49.9. The van der Waals surface area contributed by atoms with Gasteiger partial charge in [-0.3, -0.25) is 14.4 Å². The maximum Gasteiger partial charge on any atom is 0.306 e. The molecular formula is C58H100O6. The molecule has 0 aromatic rings. The molecule has 0 rings (SSSR count). The summed E-state index contributed by atoms with van der Waals surface area (Å²) < 4.78 is 16.8. The van der Waals surface area contributed by atoms with Crippen LogP contribution in [0.3, 0.4) is 0 Å². The van der Waals surface area contributed by atoms with Gasteiger partial charge in [0.1, 0.15) is 13.2 Å². The molecule has 0 aliphatic rings. The first-order valence-electron chi connectivity index (χ1n) is 27.0. The van der Waals surface area contributed by atoms with Crippen molar-refractivity contribution in [2.45, 2.75) is 264 Å². The summed E-state index contributed by atoms with van der Waals surface area (Å²) in [6.07, 6.45) is 66.0. The number of ether oxygens (including phenoxy) is 3. The third-order valence-corrected chi connectivity index (χ3v) is 11.5. The van der Waals surface area contributed by atoms with E-state index in [0.717, 1.165) is 103 Å². The Bertz CT molecular complexity index is 1210. The first-order valence-corrected chi connectivity index (χ1v) is 27.0. The molecule has 0 heterocycles. The second kappa shape index (κ2) is 52.5. The van der Waals surface area contributed by atoms with E-state index in [1.807, 2.05) is 0 Å². The fourth-order valence-corrected chi connectivity index (χ4v) is 7.47. The minimum Gasteiger partial charge on any atom is -0.462 e. The normalized spacial score (nSPS) is 12.6. The average Bonchev–Trinajstić information content (AvgIpc) is 3.29. The maximum absolute atomic E-state index is 12.8. The fourth-order valence-electron chi connectivity index (χ4n) is 7.47. The fraction of sp³-hybridized carbons (Fsp3) is 0.741.